The van der Waals surface area contributed by atoms with Gasteiger partial charge in [-0.15, -0.1) is 0 Å². The third-order valence-electron chi connectivity index (χ3n) is 5.15. The van der Waals surface area contributed by atoms with Crippen LogP contribution in [0.25, 0.3) is 0 Å². The predicted octanol–water partition coefficient (Wildman–Crippen LogP) is -1.06. The Morgan fingerprint density at radius 3 is 2.14 bits per heavy atom. The zero-order valence-electron chi connectivity index (χ0n) is 11.6. The molecule has 21 heavy (non-hydrogen) atoms. The van der Waals surface area contributed by atoms with Gasteiger partial charge in [0.05, 0.1) is 30.7 Å². The number of carbonyl (C=O) groups is 3. The standard InChI is InChI=1S/C13H18O8/c1-13(12(19)20)7-4(3-5(14)21-2)6(8(13)11(17)18)9(15)10(7)16/h4,6-10,15-16H,3H2,1-2H3,(H,17,18)(H,19,20)/t4-,6-,7+,8-,9+,10-,13-/m1/s1. The van der Waals surface area contributed by atoms with Crippen molar-refractivity contribution in [1.82, 2.24) is 0 Å². The largest absolute Gasteiger partial charge is 0.481 e. The molecule has 0 aromatic carbocycles. The molecule has 0 saturated heterocycles. The lowest BCUT2D eigenvalue weighted by molar-refractivity contribution is -0.176. The van der Waals surface area contributed by atoms with Gasteiger partial charge in [-0.3, -0.25) is 14.4 Å². The summed E-state index contributed by atoms with van der Waals surface area (Å²) in [6, 6.07) is 0. The second kappa shape index (κ2) is 4.96. The van der Waals surface area contributed by atoms with Gasteiger partial charge in [0.25, 0.3) is 0 Å². The van der Waals surface area contributed by atoms with Crippen molar-refractivity contribution in [2.24, 2.45) is 29.1 Å². The van der Waals surface area contributed by atoms with Gasteiger partial charge in [0.15, 0.2) is 0 Å². The molecule has 7 atom stereocenters. The van der Waals surface area contributed by atoms with Crippen molar-refractivity contribution < 1.29 is 39.5 Å². The Balaban J connectivity index is 2.49. The number of ether oxygens (including phenoxy) is 1. The summed E-state index contributed by atoms with van der Waals surface area (Å²) in [5, 5.41) is 38.9. The molecule has 2 rings (SSSR count). The normalized spacial score (nSPS) is 44.6. The number of rotatable bonds is 4. The van der Waals surface area contributed by atoms with Crippen molar-refractivity contribution in [3.63, 3.8) is 0 Å². The van der Waals surface area contributed by atoms with Crippen LogP contribution < -0.4 is 0 Å². The summed E-state index contributed by atoms with van der Waals surface area (Å²) in [4.78, 5) is 34.6. The fourth-order valence-corrected chi connectivity index (χ4v) is 4.27. The summed E-state index contributed by atoms with van der Waals surface area (Å²) in [5.74, 6) is -7.47. The molecule has 2 aliphatic rings. The van der Waals surface area contributed by atoms with Crippen molar-refractivity contribution in [3.05, 3.63) is 0 Å². The van der Waals surface area contributed by atoms with Gasteiger partial charge in [-0.2, -0.15) is 0 Å². The summed E-state index contributed by atoms with van der Waals surface area (Å²) in [6.07, 6.45) is -2.97. The van der Waals surface area contributed by atoms with E-state index in [9.17, 15) is 34.8 Å². The maximum Gasteiger partial charge on any atom is 0.310 e. The topological polar surface area (TPSA) is 141 Å². The van der Waals surface area contributed by atoms with Crippen LogP contribution in [0.1, 0.15) is 13.3 Å². The smallest absolute Gasteiger partial charge is 0.310 e. The first-order valence-electron chi connectivity index (χ1n) is 6.57. The molecule has 8 nitrogen and oxygen atoms in total. The maximum absolute atomic E-state index is 11.6. The Morgan fingerprint density at radius 1 is 1.14 bits per heavy atom. The lowest BCUT2D eigenvalue weighted by Crippen LogP contribution is -2.54. The molecule has 0 unspecified atom stereocenters. The average molecular weight is 302 g/mol. The van der Waals surface area contributed by atoms with Gasteiger partial charge < -0.3 is 25.2 Å². The van der Waals surface area contributed by atoms with Crippen molar-refractivity contribution in [2.45, 2.75) is 25.6 Å². The van der Waals surface area contributed by atoms with E-state index in [0.29, 0.717) is 0 Å². The van der Waals surface area contributed by atoms with Crippen LogP contribution in [-0.4, -0.2) is 57.7 Å². The van der Waals surface area contributed by atoms with Crippen LogP contribution in [-0.2, 0) is 19.1 Å². The molecule has 2 saturated carbocycles. The van der Waals surface area contributed by atoms with E-state index in [1.165, 1.54) is 6.92 Å². The van der Waals surface area contributed by atoms with Gasteiger partial charge in [0.1, 0.15) is 0 Å². The maximum atomic E-state index is 11.6. The summed E-state index contributed by atoms with van der Waals surface area (Å²) < 4.78 is 4.53. The van der Waals surface area contributed by atoms with E-state index in [-0.39, 0.29) is 6.42 Å². The molecule has 0 spiro atoms. The summed E-state index contributed by atoms with van der Waals surface area (Å²) in [6.45, 7) is 1.25. The minimum absolute atomic E-state index is 0.230. The molecule has 0 aromatic rings. The molecule has 2 fully saturated rings. The first-order chi connectivity index (χ1) is 9.67. The Hall–Kier alpha value is -1.67. The molecule has 2 aliphatic carbocycles. The van der Waals surface area contributed by atoms with E-state index in [2.05, 4.69) is 4.74 Å². The number of carbonyl (C=O) groups excluding carboxylic acids is 1. The second-order valence-corrected chi connectivity index (χ2v) is 5.93. The van der Waals surface area contributed by atoms with Crippen molar-refractivity contribution in [2.75, 3.05) is 7.11 Å². The fourth-order valence-electron chi connectivity index (χ4n) is 4.27. The van der Waals surface area contributed by atoms with Crippen molar-refractivity contribution in [3.8, 4) is 0 Å². The number of carboxylic acid groups (broad SMARTS) is 2. The van der Waals surface area contributed by atoms with Gasteiger partial charge in [-0.25, -0.2) is 0 Å². The van der Waals surface area contributed by atoms with Gasteiger partial charge in [0.2, 0.25) is 0 Å². The third-order valence-corrected chi connectivity index (χ3v) is 5.15. The number of carboxylic acids is 2. The molecule has 0 aliphatic heterocycles. The Bertz CT molecular complexity index is 489. The van der Waals surface area contributed by atoms with Crippen LogP contribution in [0.5, 0.6) is 0 Å². The van der Waals surface area contributed by atoms with Crippen LogP contribution in [0, 0.1) is 29.1 Å². The predicted molar refractivity (Wildman–Crippen MR) is 66.0 cm³/mol. The van der Waals surface area contributed by atoms with E-state index < -0.39 is 59.2 Å². The SMILES string of the molecule is COC(=O)C[C@@H]1[C@H]2[C@H](O)[C@H](O)[C@H]1[C@@](C)(C(=O)O)[C@H]2C(=O)O. The Kier molecular flexibility index (Phi) is 3.71. The van der Waals surface area contributed by atoms with Gasteiger partial charge in [-0.05, 0) is 12.8 Å². The number of aliphatic hydroxyl groups is 2. The van der Waals surface area contributed by atoms with E-state index in [1.54, 1.807) is 0 Å². The molecule has 0 radical (unpaired) electrons. The molecule has 4 N–H and O–H groups in total. The highest BCUT2D eigenvalue weighted by Gasteiger charge is 2.73. The quantitative estimate of drug-likeness (QED) is 0.481. The first kappa shape index (κ1) is 15.7. The van der Waals surface area contributed by atoms with Crippen LogP contribution in [0.15, 0.2) is 0 Å². The third kappa shape index (κ3) is 1.93. The van der Waals surface area contributed by atoms with E-state index in [0.717, 1.165) is 7.11 Å². The second-order valence-electron chi connectivity index (χ2n) is 5.93. The Morgan fingerprint density at radius 2 is 1.71 bits per heavy atom. The number of esters is 1. The molecular weight excluding hydrogens is 284 g/mol. The fraction of sp³-hybridized carbons (Fsp3) is 0.769. The average Bonchev–Trinajstić information content (AvgIpc) is 2.78. The van der Waals surface area contributed by atoms with Crippen molar-refractivity contribution >= 4 is 17.9 Å². The minimum Gasteiger partial charge on any atom is -0.481 e. The molecular formula is C13H18O8. The van der Waals surface area contributed by atoms with Gasteiger partial charge >= 0.3 is 17.9 Å². The van der Waals surface area contributed by atoms with Crippen LogP contribution in [0.2, 0.25) is 0 Å². The summed E-state index contributed by atoms with van der Waals surface area (Å²) in [7, 11) is 1.16. The van der Waals surface area contributed by atoms with Crippen LogP contribution >= 0.6 is 0 Å². The highest BCUT2D eigenvalue weighted by Crippen LogP contribution is 2.63. The van der Waals surface area contributed by atoms with E-state index in [4.69, 9.17) is 0 Å². The molecule has 0 amide bonds. The van der Waals surface area contributed by atoms with Crippen molar-refractivity contribution in [1.29, 1.82) is 0 Å². The zero-order valence-corrected chi connectivity index (χ0v) is 11.6. The molecule has 2 bridgehead atoms. The number of hydrogen-bond acceptors (Lipinski definition) is 6. The molecule has 0 aromatic heterocycles. The zero-order chi connectivity index (χ0) is 16.1. The molecule has 8 heteroatoms. The molecule has 0 heterocycles. The minimum atomic E-state index is -1.74. The molecule has 118 valence electrons. The number of methoxy groups -OCH3 is 1. The summed E-state index contributed by atoms with van der Waals surface area (Å²) in [5.41, 5.74) is -1.74. The number of hydrogen-bond donors (Lipinski definition) is 4. The number of aliphatic carboxylic acids is 2. The van der Waals surface area contributed by atoms with Gasteiger partial charge in [-0.1, -0.05) is 0 Å². The lowest BCUT2D eigenvalue weighted by Gasteiger charge is -2.39. The van der Waals surface area contributed by atoms with Crippen LogP contribution in [0.3, 0.4) is 0 Å². The van der Waals surface area contributed by atoms with Gasteiger partial charge in [0, 0.05) is 18.3 Å². The first-order valence-corrected chi connectivity index (χ1v) is 6.57. The number of fused-ring (bicyclic) bond motifs is 2. The lowest BCUT2D eigenvalue weighted by atomic mass is 9.65. The van der Waals surface area contributed by atoms with Crippen LogP contribution in [0.4, 0.5) is 0 Å². The Labute approximate surface area is 120 Å². The highest BCUT2D eigenvalue weighted by atomic mass is 16.5. The monoisotopic (exact) mass is 302 g/mol. The summed E-state index contributed by atoms with van der Waals surface area (Å²) >= 11 is 0. The van der Waals surface area contributed by atoms with E-state index in [1.807, 2.05) is 0 Å². The number of aliphatic hydroxyl groups excluding tert-OH is 2. The van der Waals surface area contributed by atoms with E-state index >= 15 is 0 Å². The highest BCUT2D eigenvalue weighted by molar-refractivity contribution is 5.86.